The third-order valence-electron chi connectivity index (χ3n) is 5.14. The number of rotatable bonds is 8. The number of nitrogens with zero attached hydrogens (tertiary/aromatic N) is 2. The Balaban J connectivity index is 2.20. The molecule has 0 unspecified atom stereocenters. The molecule has 5 nitrogen and oxygen atoms in total. The second-order valence-corrected chi connectivity index (χ2v) is 7.03. The van der Waals surface area contributed by atoms with Crippen LogP contribution in [0.25, 0.3) is 0 Å². The summed E-state index contributed by atoms with van der Waals surface area (Å²) in [4.78, 5) is 29.4. The van der Waals surface area contributed by atoms with Crippen LogP contribution < -0.4 is 5.32 Å². The molecule has 28 heavy (non-hydrogen) atoms. The van der Waals surface area contributed by atoms with Crippen LogP contribution >= 0.6 is 0 Å². The molecule has 2 rings (SSSR count). The molecular weight excluding hydrogens is 350 g/mol. The first kappa shape index (κ1) is 21.6. The molecule has 0 radical (unpaired) electrons. The van der Waals surface area contributed by atoms with Gasteiger partial charge < -0.3 is 10.2 Å². The van der Waals surface area contributed by atoms with Crippen LogP contribution in [0, 0.1) is 13.8 Å². The molecule has 1 atom stereocenters. The molecular formula is C23H31N3O2. The van der Waals surface area contributed by atoms with Crippen molar-refractivity contribution in [1.29, 1.82) is 0 Å². The van der Waals surface area contributed by atoms with Crippen molar-refractivity contribution in [2.75, 3.05) is 32.0 Å². The first-order chi connectivity index (χ1) is 13.4. The van der Waals surface area contributed by atoms with Crippen LogP contribution in [0.4, 0.5) is 5.69 Å². The molecule has 2 amide bonds. The predicted molar refractivity (Wildman–Crippen MR) is 114 cm³/mol. The number of benzene rings is 2. The minimum atomic E-state index is -0.495. The Morgan fingerprint density at radius 2 is 1.61 bits per heavy atom. The molecule has 0 saturated carbocycles. The van der Waals surface area contributed by atoms with E-state index in [-0.39, 0.29) is 18.4 Å². The quantitative estimate of drug-likeness (QED) is 0.757. The number of carbonyl (C=O) groups excluding carboxylic acids is 2. The highest BCUT2D eigenvalue weighted by molar-refractivity contribution is 5.93. The summed E-state index contributed by atoms with van der Waals surface area (Å²) in [6, 6.07) is 15.0. The first-order valence-electron chi connectivity index (χ1n) is 9.79. The molecule has 0 aromatic heterocycles. The Morgan fingerprint density at radius 1 is 0.964 bits per heavy atom. The average molecular weight is 382 g/mol. The second kappa shape index (κ2) is 10.0. The lowest BCUT2D eigenvalue weighted by Gasteiger charge is -2.31. The lowest BCUT2D eigenvalue weighted by atomic mass is 10.0. The molecule has 2 aromatic carbocycles. The molecule has 0 heterocycles. The maximum atomic E-state index is 13.1. The Morgan fingerprint density at radius 3 is 2.21 bits per heavy atom. The Bertz CT molecular complexity index is 801. The number of amides is 2. The maximum Gasteiger partial charge on any atom is 0.244 e. The van der Waals surface area contributed by atoms with Crippen molar-refractivity contribution in [2.45, 2.75) is 33.7 Å². The van der Waals surface area contributed by atoms with Gasteiger partial charge in [-0.15, -0.1) is 0 Å². The van der Waals surface area contributed by atoms with Gasteiger partial charge in [0.2, 0.25) is 11.8 Å². The summed E-state index contributed by atoms with van der Waals surface area (Å²) >= 11 is 0. The zero-order valence-corrected chi connectivity index (χ0v) is 17.5. The van der Waals surface area contributed by atoms with E-state index >= 15 is 0 Å². The number of nitrogens with one attached hydrogen (secondary N) is 1. The highest BCUT2D eigenvalue weighted by Crippen LogP contribution is 2.23. The molecule has 0 fully saturated rings. The van der Waals surface area contributed by atoms with Gasteiger partial charge in [-0.3, -0.25) is 14.5 Å². The van der Waals surface area contributed by atoms with Gasteiger partial charge in [-0.1, -0.05) is 42.5 Å². The topological polar surface area (TPSA) is 52.7 Å². The van der Waals surface area contributed by atoms with Crippen molar-refractivity contribution in [3.8, 4) is 0 Å². The molecule has 2 aromatic rings. The number of anilines is 1. The van der Waals surface area contributed by atoms with Gasteiger partial charge in [0, 0.05) is 18.8 Å². The molecule has 0 spiro atoms. The smallest absolute Gasteiger partial charge is 0.244 e. The van der Waals surface area contributed by atoms with Crippen molar-refractivity contribution in [3.63, 3.8) is 0 Å². The zero-order valence-electron chi connectivity index (χ0n) is 17.5. The van der Waals surface area contributed by atoms with Crippen molar-refractivity contribution >= 4 is 17.5 Å². The predicted octanol–water partition coefficient (Wildman–Crippen LogP) is 3.78. The maximum absolute atomic E-state index is 13.1. The van der Waals surface area contributed by atoms with Gasteiger partial charge in [0.05, 0.1) is 6.54 Å². The van der Waals surface area contributed by atoms with Crippen LogP contribution in [0.1, 0.15) is 36.6 Å². The van der Waals surface area contributed by atoms with Crippen molar-refractivity contribution < 1.29 is 9.59 Å². The molecule has 0 aliphatic heterocycles. The number of likely N-dealkylation sites (N-methyl/N-ethyl adjacent to an activating group) is 2. The van der Waals surface area contributed by atoms with Gasteiger partial charge in [-0.05, 0) is 57.5 Å². The number of hydrogen-bond donors (Lipinski definition) is 1. The molecule has 5 heteroatoms. The Labute approximate surface area is 168 Å². The standard InChI is InChI=1S/C23H31N3O2/c1-6-26(7-2)23(28)22(19-13-9-8-10-14-19)25(5)16-21(27)24-20-15-11-12-17(3)18(20)4/h8-15,22H,6-7,16H2,1-5H3,(H,24,27)/t22-/m0/s1. The van der Waals surface area contributed by atoms with Crippen molar-refractivity contribution in [3.05, 3.63) is 65.2 Å². The fourth-order valence-corrected chi connectivity index (χ4v) is 3.32. The van der Waals surface area contributed by atoms with Crippen LogP contribution in [0.15, 0.2) is 48.5 Å². The minimum Gasteiger partial charge on any atom is -0.342 e. The van der Waals surface area contributed by atoms with Gasteiger partial charge in [0.1, 0.15) is 6.04 Å². The van der Waals surface area contributed by atoms with Gasteiger partial charge >= 0.3 is 0 Å². The minimum absolute atomic E-state index is 0.0123. The monoisotopic (exact) mass is 381 g/mol. The van der Waals surface area contributed by atoms with Gasteiger partial charge in [0.15, 0.2) is 0 Å². The van der Waals surface area contributed by atoms with E-state index < -0.39 is 6.04 Å². The van der Waals surface area contributed by atoms with Crippen LogP contribution in [0.3, 0.4) is 0 Å². The van der Waals surface area contributed by atoms with Crippen molar-refractivity contribution in [2.24, 2.45) is 0 Å². The van der Waals surface area contributed by atoms with Crippen LogP contribution in [0.2, 0.25) is 0 Å². The van der Waals surface area contributed by atoms with E-state index in [4.69, 9.17) is 0 Å². The Kier molecular flexibility index (Phi) is 7.76. The van der Waals surface area contributed by atoms with Gasteiger partial charge in [0.25, 0.3) is 0 Å². The summed E-state index contributed by atoms with van der Waals surface area (Å²) < 4.78 is 0. The van der Waals surface area contributed by atoms with Crippen molar-refractivity contribution in [1.82, 2.24) is 9.80 Å². The first-order valence-corrected chi connectivity index (χ1v) is 9.79. The van der Waals surface area contributed by atoms with Crippen LogP contribution in [-0.2, 0) is 9.59 Å². The molecule has 1 N–H and O–H groups in total. The highest BCUT2D eigenvalue weighted by atomic mass is 16.2. The average Bonchev–Trinajstić information content (AvgIpc) is 2.67. The summed E-state index contributed by atoms with van der Waals surface area (Å²) in [5.74, 6) is -0.122. The van der Waals surface area contributed by atoms with Gasteiger partial charge in [-0.25, -0.2) is 0 Å². The van der Waals surface area contributed by atoms with Crippen LogP contribution in [0.5, 0.6) is 0 Å². The second-order valence-electron chi connectivity index (χ2n) is 7.03. The van der Waals surface area contributed by atoms with E-state index in [1.807, 2.05) is 88.2 Å². The number of hydrogen-bond acceptors (Lipinski definition) is 3. The molecule has 0 aliphatic rings. The molecule has 0 bridgehead atoms. The fraction of sp³-hybridized carbons (Fsp3) is 0.391. The molecule has 0 saturated heterocycles. The van der Waals surface area contributed by atoms with E-state index in [9.17, 15) is 9.59 Å². The van der Waals surface area contributed by atoms with E-state index in [2.05, 4.69) is 5.32 Å². The number of carbonyl (C=O) groups is 2. The SMILES string of the molecule is CCN(CC)C(=O)[C@H](c1ccccc1)N(C)CC(=O)Nc1cccc(C)c1C. The highest BCUT2D eigenvalue weighted by Gasteiger charge is 2.29. The third kappa shape index (κ3) is 5.20. The largest absolute Gasteiger partial charge is 0.342 e. The summed E-state index contributed by atoms with van der Waals surface area (Å²) in [5.41, 5.74) is 3.88. The third-order valence-corrected chi connectivity index (χ3v) is 5.14. The lowest BCUT2D eigenvalue weighted by molar-refractivity contribution is -0.137. The summed E-state index contributed by atoms with van der Waals surface area (Å²) in [7, 11) is 1.82. The van der Waals surface area contributed by atoms with E-state index in [0.29, 0.717) is 13.1 Å². The summed E-state index contributed by atoms with van der Waals surface area (Å²) in [5, 5.41) is 2.98. The normalized spacial score (nSPS) is 11.9. The fourth-order valence-electron chi connectivity index (χ4n) is 3.32. The summed E-state index contributed by atoms with van der Waals surface area (Å²) in [6.07, 6.45) is 0. The Hall–Kier alpha value is -2.66. The molecule has 0 aliphatic carbocycles. The van der Waals surface area contributed by atoms with E-state index in [1.165, 1.54) is 0 Å². The van der Waals surface area contributed by atoms with E-state index in [0.717, 1.165) is 22.4 Å². The van der Waals surface area contributed by atoms with Crippen LogP contribution in [-0.4, -0.2) is 48.3 Å². The zero-order chi connectivity index (χ0) is 20.7. The number of aryl methyl sites for hydroxylation is 1. The van der Waals surface area contributed by atoms with E-state index in [1.54, 1.807) is 4.90 Å². The lowest BCUT2D eigenvalue weighted by Crippen LogP contribution is -2.44. The summed E-state index contributed by atoms with van der Waals surface area (Å²) in [6.45, 7) is 9.35. The van der Waals surface area contributed by atoms with Gasteiger partial charge in [-0.2, -0.15) is 0 Å². The molecule has 150 valence electrons.